The summed E-state index contributed by atoms with van der Waals surface area (Å²) in [5, 5.41) is 3.20. The molecule has 7 heteroatoms. The predicted molar refractivity (Wildman–Crippen MR) is 120 cm³/mol. The van der Waals surface area contributed by atoms with Crippen LogP contribution in [0.4, 0.5) is 19.3 Å². The van der Waals surface area contributed by atoms with Gasteiger partial charge in [-0.25, -0.2) is 13.6 Å². The minimum absolute atomic E-state index is 0.0383. The third-order valence-electron chi connectivity index (χ3n) is 5.53. The number of hydrogen-bond donors (Lipinski definition) is 1. The van der Waals surface area contributed by atoms with Gasteiger partial charge in [-0.3, -0.25) is 0 Å². The molecule has 2 aromatic carbocycles. The van der Waals surface area contributed by atoms with Crippen molar-refractivity contribution in [3.05, 3.63) is 58.6 Å². The highest BCUT2D eigenvalue weighted by molar-refractivity contribution is 6.30. The monoisotopic (exact) mass is 450 g/mol. The Morgan fingerprint density at radius 3 is 2.74 bits per heavy atom. The highest BCUT2D eigenvalue weighted by Crippen LogP contribution is 2.37. The Morgan fingerprint density at radius 2 is 1.97 bits per heavy atom. The summed E-state index contributed by atoms with van der Waals surface area (Å²) < 4.78 is 33.3. The topological polar surface area (TPSA) is 41.6 Å². The van der Waals surface area contributed by atoms with Gasteiger partial charge in [0.25, 0.3) is 0 Å². The zero-order valence-corrected chi connectivity index (χ0v) is 18.6. The normalized spacial score (nSPS) is 15.5. The Morgan fingerprint density at radius 1 is 1.16 bits per heavy atom. The summed E-state index contributed by atoms with van der Waals surface area (Å²) in [7, 11) is 0. The minimum Gasteiger partial charge on any atom is -0.493 e. The maximum atomic E-state index is 14.1. The van der Waals surface area contributed by atoms with Gasteiger partial charge in [0.05, 0.1) is 18.3 Å². The van der Waals surface area contributed by atoms with Crippen molar-refractivity contribution in [2.24, 2.45) is 0 Å². The van der Waals surface area contributed by atoms with Crippen molar-refractivity contribution in [1.82, 2.24) is 4.90 Å². The summed E-state index contributed by atoms with van der Waals surface area (Å²) in [6.07, 6.45) is 6.77. The van der Waals surface area contributed by atoms with Crippen molar-refractivity contribution < 1.29 is 18.3 Å². The van der Waals surface area contributed by atoms with Crippen LogP contribution in [0.5, 0.6) is 5.75 Å². The molecule has 4 nitrogen and oxygen atoms in total. The van der Waals surface area contributed by atoms with Crippen LogP contribution in [0.1, 0.15) is 63.5 Å². The number of unbranched alkanes of at least 4 members (excludes halogenated alkanes) is 4. The fraction of sp³-hybridized carbons (Fsp3) is 0.458. The fourth-order valence-electron chi connectivity index (χ4n) is 3.91. The van der Waals surface area contributed by atoms with Gasteiger partial charge in [-0.2, -0.15) is 0 Å². The molecule has 0 saturated heterocycles. The third-order valence-corrected chi connectivity index (χ3v) is 5.76. The van der Waals surface area contributed by atoms with E-state index in [4.69, 9.17) is 16.3 Å². The van der Waals surface area contributed by atoms with E-state index in [9.17, 15) is 13.6 Å². The lowest BCUT2D eigenvalue weighted by Gasteiger charge is -2.32. The summed E-state index contributed by atoms with van der Waals surface area (Å²) >= 11 is 6.14. The number of hydrogen-bond acceptors (Lipinski definition) is 2. The molecule has 1 aliphatic heterocycles. The smallest absolute Gasteiger partial charge is 0.322 e. The number of nitrogens with zero attached hydrogens (tertiary/aromatic N) is 1. The van der Waals surface area contributed by atoms with Crippen LogP contribution < -0.4 is 10.1 Å². The van der Waals surface area contributed by atoms with Crippen LogP contribution in [0.15, 0.2) is 36.4 Å². The van der Waals surface area contributed by atoms with Gasteiger partial charge in [-0.1, -0.05) is 50.3 Å². The molecule has 31 heavy (non-hydrogen) atoms. The molecule has 1 heterocycles. The Hall–Kier alpha value is -2.34. The molecule has 0 bridgehead atoms. The summed E-state index contributed by atoms with van der Waals surface area (Å²) in [6, 6.07) is 7.96. The summed E-state index contributed by atoms with van der Waals surface area (Å²) in [4.78, 5) is 15.0. The molecule has 0 saturated carbocycles. The molecule has 0 aromatic heterocycles. The number of carbonyl (C=O) groups excluding carboxylic acids is 1. The number of halogens is 3. The first-order chi connectivity index (χ1) is 15.0. The standard InChI is InChI=1S/C24H29ClF2N2O2/c1-2-3-4-5-6-13-29(24(30)28-21-12-10-18(26)16-20(21)27)22-8-7-14-31-23-15-17(25)9-11-19(22)23/h9-12,15-16,22H,2-8,13-14H2,1H3,(H,28,30). The van der Waals surface area contributed by atoms with Gasteiger partial charge in [0, 0.05) is 23.2 Å². The molecular formula is C24H29ClF2N2O2. The number of fused-ring (bicyclic) bond motifs is 1. The lowest BCUT2D eigenvalue weighted by molar-refractivity contribution is 0.181. The first-order valence-electron chi connectivity index (χ1n) is 10.9. The maximum Gasteiger partial charge on any atom is 0.322 e. The van der Waals surface area contributed by atoms with E-state index in [2.05, 4.69) is 12.2 Å². The Balaban J connectivity index is 1.84. The van der Waals surface area contributed by atoms with E-state index < -0.39 is 17.7 Å². The van der Waals surface area contributed by atoms with Gasteiger partial charge in [-0.05, 0) is 43.5 Å². The zero-order valence-electron chi connectivity index (χ0n) is 17.8. The van der Waals surface area contributed by atoms with Crippen molar-refractivity contribution in [2.75, 3.05) is 18.5 Å². The molecule has 0 spiro atoms. The quantitative estimate of drug-likeness (QED) is 0.427. The predicted octanol–water partition coefficient (Wildman–Crippen LogP) is 7.34. The van der Waals surface area contributed by atoms with E-state index in [0.29, 0.717) is 23.9 Å². The maximum absolute atomic E-state index is 14.1. The Bertz CT molecular complexity index is 894. The lowest BCUT2D eigenvalue weighted by atomic mass is 10.00. The van der Waals surface area contributed by atoms with Crippen molar-refractivity contribution in [3.8, 4) is 5.75 Å². The van der Waals surface area contributed by atoms with Gasteiger partial charge in [0.15, 0.2) is 0 Å². The number of nitrogens with one attached hydrogen (secondary N) is 1. The van der Waals surface area contributed by atoms with Gasteiger partial charge >= 0.3 is 6.03 Å². The number of benzene rings is 2. The molecule has 1 N–H and O–H groups in total. The van der Waals surface area contributed by atoms with E-state index >= 15 is 0 Å². The number of anilines is 1. The van der Waals surface area contributed by atoms with Crippen LogP contribution >= 0.6 is 11.6 Å². The van der Waals surface area contributed by atoms with Crippen LogP contribution in [-0.4, -0.2) is 24.1 Å². The van der Waals surface area contributed by atoms with Crippen LogP contribution in [0.2, 0.25) is 5.02 Å². The highest BCUT2D eigenvalue weighted by Gasteiger charge is 2.29. The average molecular weight is 451 g/mol. The number of rotatable bonds is 8. The highest BCUT2D eigenvalue weighted by atomic mass is 35.5. The number of carbonyl (C=O) groups is 1. The van der Waals surface area contributed by atoms with Crippen LogP contribution in [0.25, 0.3) is 0 Å². The number of amides is 2. The SMILES string of the molecule is CCCCCCCN(C(=O)Nc1ccc(F)cc1F)C1CCCOc2cc(Cl)ccc21. The summed E-state index contributed by atoms with van der Waals surface area (Å²) in [5.41, 5.74) is 0.855. The molecule has 3 rings (SSSR count). The second-order valence-electron chi connectivity index (χ2n) is 7.85. The largest absolute Gasteiger partial charge is 0.493 e. The molecule has 168 valence electrons. The Labute approximate surface area is 187 Å². The molecule has 1 atom stereocenters. The average Bonchev–Trinajstić information content (AvgIpc) is 2.94. The van der Waals surface area contributed by atoms with Crippen molar-refractivity contribution in [1.29, 1.82) is 0 Å². The molecular weight excluding hydrogens is 422 g/mol. The molecule has 0 radical (unpaired) electrons. The molecule has 2 aromatic rings. The minimum atomic E-state index is -0.798. The van der Waals surface area contributed by atoms with Crippen LogP contribution in [-0.2, 0) is 0 Å². The second-order valence-corrected chi connectivity index (χ2v) is 8.29. The van der Waals surface area contributed by atoms with Crippen molar-refractivity contribution in [3.63, 3.8) is 0 Å². The van der Waals surface area contributed by atoms with E-state index in [1.165, 1.54) is 6.07 Å². The summed E-state index contributed by atoms with van der Waals surface area (Å²) in [6.45, 7) is 3.23. The molecule has 0 aliphatic carbocycles. The fourth-order valence-corrected chi connectivity index (χ4v) is 4.07. The van der Waals surface area contributed by atoms with E-state index in [-0.39, 0.29) is 11.7 Å². The van der Waals surface area contributed by atoms with Crippen molar-refractivity contribution in [2.45, 2.75) is 57.9 Å². The second kappa shape index (κ2) is 11.3. The third kappa shape index (κ3) is 6.33. The first-order valence-corrected chi connectivity index (χ1v) is 11.3. The van der Waals surface area contributed by atoms with E-state index in [0.717, 1.165) is 62.6 Å². The van der Waals surface area contributed by atoms with Gasteiger partial charge in [0.2, 0.25) is 0 Å². The number of urea groups is 1. The zero-order chi connectivity index (χ0) is 22.2. The summed E-state index contributed by atoms with van der Waals surface area (Å²) in [5.74, 6) is -0.811. The molecule has 1 unspecified atom stereocenters. The first kappa shape index (κ1) is 23.3. The number of ether oxygens (including phenoxy) is 1. The van der Waals surface area contributed by atoms with E-state index in [1.54, 1.807) is 17.0 Å². The lowest BCUT2D eigenvalue weighted by Crippen LogP contribution is -2.39. The van der Waals surface area contributed by atoms with E-state index in [1.807, 2.05) is 6.07 Å². The molecule has 2 amide bonds. The van der Waals surface area contributed by atoms with Gasteiger partial charge in [0.1, 0.15) is 17.4 Å². The van der Waals surface area contributed by atoms with Crippen LogP contribution in [0.3, 0.4) is 0 Å². The molecule has 1 aliphatic rings. The van der Waals surface area contributed by atoms with Crippen LogP contribution in [0, 0.1) is 11.6 Å². The Kier molecular flexibility index (Phi) is 8.52. The van der Waals surface area contributed by atoms with Gasteiger partial charge in [-0.15, -0.1) is 0 Å². The van der Waals surface area contributed by atoms with Crippen molar-refractivity contribution >= 4 is 23.3 Å². The van der Waals surface area contributed by atoms with Gasteiger partial charge < -0.3 is 15.0 Å². The molecule has 0 fully saturated rings.